The molecule has 3 unspecified atom stereocenters. The topological polar surface area (TPSA) is 73.9 Å². The quantitative estimate of drug-likeness (QED) is 0.249. The number of nitrogens with one attached hydrogen (secondary N) is 1. The van der Waals surface area contributed by atoms with Crippen molar-refractivity contribution in [3.8, 4) is 5.75 Å². The van der Waals surface area contributed by atoms with Crippen molar-refractivity contribution in [1.82, 2.24) is 5.32 Å². The van der Waals surface area contributed by atoms with Crippen LogP contribution in [0.5, 0.6) is 5.75 Å². The molecule has 2 fully saturated rings. The number of ether oxygens (including phenoxy) is 3. The van der Waals surface area contributed by atoms with E-state index in [9.17, 15) is 9.59 Å². The van der Waals surface area contributed by atoms with Gasteiger partial charge in [0.25, 0.3) is 0 Å². The van der Waals surface area contributed by atoms with Crippen molar-refractivity contribution in [2.24, 2.45) is 35.5 Å². The molecule has 3 aliphatic carbocycles. The minimum Gasteiger partial charge on any atom is -0.446 e. The molecule has 0 heterocycles. The largest absolute Gasteiger partial charge is 0.514 e. The van der Waals surface area contributed by atoms with Crippen LogP contribution in [0.3, 0.4) is 0 Å². The van der Waals surface area contributed by atoms with Crippen molar-refractivity contribution in [2.45, 2.75) is 129 Å². The Labute approximate surface area is 258 Å². The molecule has 0 spiro atoms. The van der Waals surface area contributed by atoms with Crippen LogP contribution in [-0.4, -0.2) is 42.0 Å². The van der Waals surface area contributed by atoms with Crippen molar-refractivity contribution in [1.29, 1.82) is 0 Å². The normalized spacial score (nSPS) is 32.6. The summed E-state index contributed by atoms with van der Waals surface area (Å²) in [5.41, 5.74) is 1.90. The summed E-state index contributed by atoms with van der Waals surface area (Å²) in [4.78, 5) is 26.3. The molecule has 1 N–H and O–H groups in total. The first-order chi connectivity index (χ1) is 19.8. The number of carbonyl (C=O) groups is 2. The molecule has 2 saturated carbocycles. The van der Waals surface area contributed by atoms with Crippen LogP contribution in [0.2, 0.25) is 0 Å². The van der Waals surface area contributed by atoms with Crippen LogP contribution in [0.1, 0.15) is 105 Å². The molecule has 0 bridgehead atoms. The first-order valence-corrected chi connectivity index (χ1v) is 17.6. The highest BCUT2D eigenvalue weighted by molar-refractivity contribution is 7.99. The van der Waals surface area contributed by atoms with E-state index in [2.05, 4.69) is 73.0 Å². The van der Waals surface area contributed by atoms with E-state index in [0.717, 1.165) is 37.7 Å². The molecule has 236 valence electrons. The molecule has 7 heteroatoms. The molecule has 3 aliphatic rings. The molecule has 42 heavy (non-hydrogen) atoms. The highest BCUT2D eigenvalue weighted by Gasteiger charge is 2.44. The fraction of sp³-hybridized carbons (Fsp3) is 0.771. The van der Waals surface area contributed by atoms with Crippen LogP contribution >= 0.6 is 11.8 Å². The number of carbonyl (C=O) groups excluding carboxylic acids is 2. The SMILES string of the molecule is CSC1Cc2ccc(OC(=O)O[C@@H]3C[C@H](C)CC[C@H]3C(C)C)cc2C(C)(C)C1NC(=O)OC1C[C@H](C)CC[C@H]1C(C)C. The van der Waals surface area contributed by atoms with E-state index in [-0.39, 0.29) is 29.6 Å². The molecule has 1 aromatic rings. The van der Waals surface area contributed by atoms with Gasteiger partial charge in [-0.3, -0.25) is 0 Å². The van der Waals surface area contributed by atoms with Gasteiger partial charge in [0.05, 0.1) is 6.04 Å². The summed E-state index contributed by atoms with van der Waals surface area (Å²) in [6.07, 6.45) is 8.18. The zero-order chi connectivity index (χ0) is 30.8. The van der Waals surface area contributed by atoms with Gasteiger partial charge in [0.2, 0.25) is 0 Å². The molecule has 4 rings (SSSR count). The summed E-state index contributed by atoms with van der Waals surface area (Å²) in [5, 5.41) is 3.49. The van der Waals surface area contributed by atoms with Gasteiger partial charge in [-0.2, -0.15) is 11.8 Å². The molecule has 0 radical (unpaired) electrons. The van der Waals surface area contributed by atoms with E-state index < -0.39 is 11.6 Å². The van der Waals surface area contributed by atoms with Crippen molar-refractivity contribution >= 4 is 24.0 Å². The van der Waals surface area contributed by atoms with Crippen molar-refractivity contribution in [3.63, 3.8) is 0 Å². The Kier molecular flexibility index (Phi) is 10.9. The summed E-state index contributed by atoms with van der Waals surface area (Å²) in [5.74, 6) is 3.29. The lowest BCUT2D eigenvalue weighted by Gasteiger charge is -2.45. The molecule has 1 aromatic carbocycles. The Bertz CT molecular complexity index is 1090. The predicted octanol–water partition coefficient (Wildman–Crippen LogP) is 8.78. The van der Waals surface area contributed by atoms with E-state index in [0.29, 0.717) is 41.3 Å². The van der Waals surface area contributed by atoms with Gasteiger partial charge in [-0.05, 0) is 97.1 Å². The minimum absolute atomic E-state index is 0.0473. The van der Waals surface area contributed by atoms with Gasteiger partial charge >= 0.3 is 12.2 Å². The van der Waals surface area contributed by atoms with Gasteiger partial charge in [-0.25, -0.2) is 9.59 Å². The summed E-state index contributed by atoms with van der Waals surface area (Å²) in [6.45, 7) is 17.7. The average molecular weight is 602 g/mol. The second-order valence-corrected chi connectivity index (χ2v) is 15.8. The van der Waals surface area contributed by atoms with E-state index >= 15 is 0 Å². The Morgan fingerprint density at radius 2 is 1.48 bits per heavy atom. The van der Waals surface area contributed by atoms with Gasteiger partial charge in [0.1, 0.15) is 18.0 Å². The molecule has 1 amide bonds. The van der Waals surface area contributed by atoms with E-state index in [4.69, 9.17) is 14.2 Å². The molecule has 0 aliphatic heterocycles. The smallest absolute Gasteiger partial charge is 0.446 e. The van der Waals surface area contributed by atoms with Crippen LogP contribution in [-0.2, 0) is 21.3 Å². The van der Waals surface area contributed by atoms with Crippen LogP contribution in [0.4, 0.5) is 9.59 Å². The molecule has 0 saturated heterocycles. The van der Waals surface area contributed by atoms with Crippen molar-refractivity contribution < 1.29 is 23.8 Å². The minimum atomic E-state index is -0.630. The zero-order valence-electron chi connectivity index (χ0n) is 27.4. The monoisotopic (exact) mass is 601 g/mol. The van der Waals surface area contributed by atoms with E-state index in [1.807, 2.05) is 12.1 Å². The number of alkyl carbamates (subject to hydrolysis) is 1. The fourth-order valence-electron chi connectivity index (χ4n) is 7.90. The molecular formula is C35H55NO5S. The molecule has 0 aromatic heterocycles. The number of rotatable bonds is 7. The number of thioether (sulfide) groups is 1. The van der Waals surface area contributed by atoms with Crippen LogP contribution in [0.15, 0.2) is 18.2 Å². The lowest BCUT2D eigenvalue weighted by molar-refractivity contribution is -0.0137. The van der Waals surface area contributed by atoms with Crippen molar-refractivity contribution in [2.75, 3.05) is 6.26 Å². The van der Waals surface area contributed by atoms with Gasteiger partial charge in [0, 0.05) is 10.7 Å². The highest BCUT2D eigenvalue weighted by Crippen LogP contribution is 2.43. The number of amides is 1. The Balaban J connectivity index is 1.47. The standard InChI is InChI=1S/C35H55NO5S/c1-20(2)26-14-10-22(5)16-29(26)40-33(37)36-32-31(42-9)18-24-12-13-25(19-28(24)35(32,7)8)39-34(38)41-30-17-23(6)11-15-27(30)21(3)4/h12-13,19-23,26-27,29-32H,10-11,14-18H2,1-9H3,(H,36,37)/t22-,23-,26+,27+,29?,30-,31?,32?/m1/s1. The molecule has 8 atom stereocenters. The second kappa shape index (κ2) is 13.8. The maximum absolute atomic E-state index is 13.4. The van der Waals surface area contributed by atoms with E-state index in [1.54, 1.807) is 11.8 Å². The second-order valence-electron chi connectivity index (χ2n) is 14.7. The Morgan fingerprint density at radius 3 is 2.02 bits per heavy atom. The third-order valence-electron chi connectivity index (χ3n) is 10.6. The van der Waals surface area contributed by atoms with Gasteiger partial charge in [-0.15, -0.1) is 0 Å². The van der Waals surface area contributed by atoms with Crippen LogP contribution < -0.4 is 10.1 Å². The first-order valence-electron chi connectivity index (χ1n) is 16.3. The van der Waals surface area contributed by atoms with Crippen molar-refractivity contribution in [3.05, 3.63) is 29.3 Å². The fourth-order valence-corrected chi connectivity index (χ4v) is 8.93. The summed E-state index contributed by atoms with van der Waals surface area (Å²) < 4.78 is 17.8. The zero-order valence-corrected chi connectivity index (χ0v) is 28.2. The first kappa shape index (κ1) is 33.0. The molecule has 6 nitrogen and oxygen atoms in total. The molecular weight excluding hydrogens is 546 g/mol. The summed E-state index contributed by atoms with van der Waals surface area (Å²) >= 11 is 1.77. The number of fused-ring (bicyclic) bond motifs is 1. The van der Waals surface area contributed by atoms with Gasteiger partial charge < -0.3 is 19.5 Å². The predicted molar refractivity (Wildman–Crippen MR) is 171 cm³/mol. The van der Waals surface area contributed by atoms with Crippen LogP contribution in [0.25, 0.3) is 0 Å². The Hall–Kier alpha value is -1.89. The average Bonchev–Trinajstić information content (AvgIpc) is 2.90. The third kappa shape index (κ3) is 7.60. The highest BCUT2D eigenvalue weighted by atomic mass is 32.2. The number of hydrogen-bond acceptors (Lipinski definition) is 6. The van der Waals surface area contributed by atoms with E-state index in [1.165, 1.54) is 18.4 Å². The lowest BCUT2D eigenvalue weighted by Crippen LogP contribution is -2.57. The van der Waals surface area contributed by atoms with Crippen LogP contribution in [0, 0.1) is 35.5 Å². The summed E-state index contributed by atoms with van der Waals surface area (Å²) in [6, 6.07) is 5.76. The Morgan fingerprint density at radius 1 is 0.905 bits per heavy atom. The van der Waals surface area contributed by atoms with Gasteiger partial charge in [-0.1, -0.05) is 74.3 Å². The maximum Gasteiger partial charge on any atom is 0.514 e. The third-order valence-corrected chi connectivity index (χ3v) is 11.6. The summed E-state index contributed by atoms with van der Waals surface area (Å²) in [7, 11) is 0. The number of hydrogen-bond donors (Lipinski definition) is 1. The van der Waals surface area contributed by atoms with Gasteiger partial charge in [0.15, 0.2) is 0 Å². The lowest BCUT2D eigenvalue weighted by atomic mass is 9.69. The maximum atomic E-state index is 13.4. The number of benzene rings is 1.